The fraction of sp³-hybridized carbons (Fsp3) is 0.250. The molecule has 0 amide bonds. The Morgan fingerprint density at radius 1 is 0.720 bits per heavy atom. The molecule has 0 nitrogen and oxygen atoms in total. The number of aryl methyl sites for hydroxylation is 1. The van der Waals surface area contributed by atoms with Crippen molar-refractivity contribution in [3.05, 3.63) is 102 Å². The number of hydrogen-bond donors (Lipinski definition) is 0. The highest BCUT2D eigenvalue weighted by atomic mass is 28.3. The molecule has 0 aliphatic carbocycles. The Labute approximate surface area is 153 Å². The van der Waals surface area contributed by atoms with Gasteiger partial charge in [0.25, 0.3) is 0 Å². The molecule has 1 heteroatoms. The molecule has 1 unspecified atom stereocenters. The van der Waals surface area contributed by atoms with Crippen LogP contribution in [0.5, 0.6) is 0 Å². The summed E-state index contributed by atoms with van der Waals surface area (Å²) in [6.45, 7) is 7.18. The Kier molecular flexibility index (Phi) is 5.55. The van der Waals surface area contributed by atoms with Gasteiger partial charge in [-0.15, -0.1) is 0 Å². The zero-order valence-electron chi connectivity index (χ0n) is 15.6. The van der Waals surface area contributed by atoms with Crippen molar-refractivity contribution in [2.45, 2.75) is 38.4 Å². The predicted molar refractivity (Wildman–Crippen MR) is 112 cm³/mol. The van der Waals surface area contributed by atoms with Gasteiger partial charge in [-0.05, 0) is 36.4 Å². The number of rotatable bonds is 6. The molecule has 0 radical (unpaired) electrons. The van der Waals surface area contributed by atoms with Gasteiger partial charge in [0.05, 0.1) is 8.07 Å². The molecular formula is C24H28Si. The molecule has 0 saturated heterocycles. The average Bonchev–Trinajstić information content (AvgIpc) is 2.63. The zero-order chi connectivity index (χ0) is 17.7. The van der Waals surface area contributed by atoms with Crippen LogP contribution in [0.25, 0.3) is 0 Å². The van der Waals surface area contributed by atoms with E-state index >= 15 is 0 Å². The molecular weight excluding hydrogens is 316 g/mol. The van der Waals surface area contributed by atoms with Crippen LogP contribution < -0.4 is 5.19 Å². The highest BCUT2D eigenvalue weighted by Gasteiger charge is 2.28. The smallest absolute Gasteiger partial charge is 0.0654 e. The SMILES string of the molecule is Cc1ccc(C(Cc2ccccc2)C[Si](C)(C)c2ccccc2)cc1. The van der Waals surface area contributed by atoms with Gasteiger partial charge >= 0.3 is 0 Å². The van der Waals surface area contributed by atoms with Gasteiger partial charge in [0.15, 0.2) is 0 Å². The lowest BCUT2D eigenvalue weighted by Crippen LogP contribution is -2.42. The molecule has 0 saturated carbocycles. The van der Waals surface area contributed by atoms with Crippen LogP contribution in [0.15, 0.2) is 84.9 Å². The first kappa shape index (κ1) is 17.7. The number of hydrogen-bond acceptors (Lipinski definition) is 0. The predicted octanol–water partition coefficient (Wildman–Crippen LogP) is 5.94. The summed E-state index contributed by atoms with van der Waals surface area (Å²) in [6.07, 6.45) is 1.12. The minimum absolute atomic E-state index is 0.574. The first-order valence-electron chi connectivity index (χ1n) is 9.21. The third kappa shape index (κ3) is 4.70. The Bertz CT molecular complexity index is 773. The van der Waals surface area contributed by atoms with Crippen LogP contribution in [0.1, 0.15) is 22.6 Å². The van der Waals surface area contributed by atoms with E-state index in [-0.39, 0.29) is 0 Å². The van der Waals surface area contributed by atoms with Crippen molar-refractivity contribution < 1.29 is 0 Å². The lowest BCUT2D eigenvalue weighted by molar-refractivity contribution is 0.746. The van der Waals surface area contributed by atoms with E-state index < -0.39 is 8.07 Å². The highest BCUT2D eigenvalue weighted by Crippen LogP contribution is 2.30. The van der Waals surface area contributed by atoms with Gasteiger partial charge in [-0.2, -0.15) is 0 Å². The summed E-state index contributed by atoms with van der Waals surface area (Å²) in [6, 6.07) is 32.5. The zero-order valence-corrected chi connectivity index (χ0v) is 16.6. The maximum atomic E-state index is 2.51. The Hall–Kier alpha value is -2.12. The second kappa shape index (κ2) is 7.84. The van der Waals surface area contributed by atoms with E-state index in [0.29, 0.717) is 5.92 Å². The van der Waals surface area contributed by atoms with Crippen molar-refractivity contribution in [2.75, 3.05) is 0 Å². The van der Waals surface area contributed by atoms with Crippen LogP contribution in [0.3, 0.4) is 0 Å². The second-order valence-corrected chi connectivity index (χ2v) is 12.5. The summed E-state index contributed by atoms with van der Waals surface area (Å²) < 4.78 is 0. The third-order valence-corrected chi connectivity index (χ3v) is 8.60. The fourth-order valence-corrected chi connectivity index (χ4v) is 6.61. The van der Waals surface area contributed by atoms with Gasteiger partial charge in [0.2, 0.25) is 0 Å². The van der Waals surface area contributed by atoms with Crippen LogP contribution in [-0.4, -0.2) is 8.07 Å². The highest BCUT2D eigenvalue weighted by molar-refractivity contribution is 6.89. The van der Waals surface area contributed by atoms with Crippen LogP contribution in [0.2, 0.25) is 19.1 Å². The van der Waals surface area contributed by atoms with Gasteiger partial charge in [0.1, 0.15) is 0 Å². The molecule has 0 heterocycles. The van der Waals surface area contributed by atoms with Gasteiger partial charge in [-0.1, -0.05) is 109 Å². The van der Waals surface area contributed by atoms with Crippen LogP contribution >= 0.6 is 0 Å². The van der Waals surface area contributed by atoms with E-state index in [1.807, 2.05) is 0 Å². The number of benzene rings is 3. The van der Waals surface area contributed by atoms with E-state index in [1.165, 1.54) is 22.7 Å². The van der Waals surface area contributed by atoms with Crippen molar-refractivity contribution in [1.82, 2.24) is 0 Å². The maximum absolute atomic E-state index is 2.51. The largest absolute Gasteiger partial charge is 0.0812 e. The lowest BCUT2D eigenvalue weighted by Gasteiger charge is -2.29. The summed E-state index contributed by atoms with van der Waals surface area (Å²) >= 11 is 0. The Morgan fingerprint density at radius 3 is 1.88 bits per heavy atom. The Morgan fingerprint density at radius 2 is 1.28 bits per heavy atom. The maximum Gasteiger partial charge on any atom is 0.0812 e. The summed E-state index contributed by atoms with van der Waals surface area (Å²) in [4.78, 5) is 0. The van der Waals surface area contributed by atoms with Gasteiger partial charge in [0, 0.05) is 0 Å². The van der Waals surface area contributed by atoms with E-state index in [2.05, 4.69) is 105 Å². The molecule has 128 valence electrons. The molecule has 0 aliphatic rings. The van der Waals surface area contributed by atoms with Crippen molar-refractivity contribution in [1.29, 1.82) is 0 Å². The minimum atomic E-state index is -1.49. The molecule has 1 atom stereocenters. The summed E-state index contributed by atoms with van der Waals surface area (Å²) in [5, 5.41) is 1.56. The summed E-state index contributed by atoms with van der Waals surface area (Å²) in [5.74, 6) is 0.574. The van der Waals surface area contributed by atoms with Crippen LogP contribution in [0.4, 0.5) is 0 Å². The average molecular weight is 345 g/mol. The lowest BCUT2D eigenvalue weighted by atomic mass is 9.93. The molecule has 0 aliphatic heterocycles. The molecule has 3 aromatic rings. The van der Waals surface area contributed by atoms with Crippen LogP contribution in [0, 0.1) is 6.92 Å². The van der Waals surface area contributed by atoms with Gasteiger partial charge in [-0.25, -0.2) is 0 Å². The van der Waals surface area contributed by atoms with Crippen molar-refractivity contribution in [3.8, 4) is 0 Å². The third-order valence-electron chi connectivity index (χ3n) is 5.19. The first-order chi connectivity index (χ1) is 12.0. The molecule has 3 aromatic carbocycles. The minimum Gasteiger partial charge on any atom is -0.0654 e. The molecule has 0 bridgehead atoms. The van der Waals surface area contributed by atoms with Crippen molar-refractivity contribution in [3.63, 3.8) is 0 Å². The monoisotopic (exact) mass is 344 g/mol. The normalized spacial score (nSPS) is 12.8. The van der Waals surface area contributed by atoms with Gasteiger partial charge in [-0.3, -0.25) is 0 Å². The molecule has 0 spiro atoms. The van der Waals surface area contributed by atoms with Gasteiger partial charge < -0.3 is 0 Å². The summed E-state index contributed by atoms with van der Waals surface area (Å²) in [5.41, 5.74) is 4.25. The summed E-state index contributed by atoms with van der Waals surface area (Å²) in [7, 11) is -1.49. The topological polar surface area (TPSA) is 0 Å². The van der Waals surface area contributed by atoms with E-state index in [0.717, 1.165) is 6.42 Å². The quantitative estimate of drug-likeness (QED) is 0.486. The standard InChI is InChI=1S/C24H28Si/c1-20-14-16-22(17-15-20)23(18-21-10-6-4-7-11-21)19-25(2,3)24-12-8-5-9-13-24/h4-17,23H,18-19H2,1-3H3. The van der Waals surface area contributed by atoms with Crippen molar-refractivity contribution >= 4 is 13.3 Å². The van der Waals surface area contributed by atoms with Crippen LogP contribution in [-0.2, 0) is 6.42 Å². The molecule has 0 N–H and O–H groups in total. The molecule has 25 heavy (non-hydrogen) atoms. The first-order valence-corrected chi connectivity index (χ1v) is 12.4. The molecule has 0 aromatic heterocycles. The fourth-order valence-electron chi connectivity index (χ4n) is 3.67. The van der Waals surface area contributed by atoms with E-state index in [4.69, 9.17) is 0 Å². The molecule has 0 fully saturated rings. The van der Waals surface area contributed by atoms with E-state index in [1.54, 1.807) is 5.19 Å². The molecule has 3 rings (SSSR count). The Balaban J connectivity index is 1.89. The van der Waals surface area contributed by atoms with Crippen molar-refractivity contribution in [2.24, 2.45) is 0 Å². The second-order valence-electron chi connectivity index (χ2n) is 7.75. The van der Waals surface area contributed by atoms with E-state index in [9.17, 15) is 0 Å².